The van der Waals surface area contributed by atoms with Crippen LogP contribution in [0.1, 0.15) is 51.4 Å². The zero-order chi connectivity index (χ0) is 10.2. The van der Waals surface area contributed by atoms with E-state index in [2.05, 4.69) is 5.32 Å². The molecule has 1 saturated carbocycles. The number of unbranched alkanes of at least 4 members (excludes halogenated alkanes) is 3. The Hall–Kier alpha value is -0.570. The Labute approximate surface area is 85.9 Å². The predicted octanol–water partition coefficient (Wildman–Crippen LogP) is 2.16. The van der Waals surface area contributed by atoms with Gasteiger partial charge in [-0.2, -0.15) is 0 Å². The third-order valence-electron chi connectivity index (χ3n) is 2.86. The highest BCUT2D eigenvalue weighted by molar-refractivity contribution is 5.66. The van der Waals surface area contributed by atoms with Crippen molar-refractivity contribution in [2.45, 2.75) is 57.4 Å². The van der Waals surface area contributed by atoms with Gasteiger partial charge in [0, 0.05) is 12.5 Å². The average Bonchev–Trinajstić information content (AvgIpc) is 2.06. The topological polar surface area (TPSA) is 49.3 Å². The number of rotatable bonds is 8. The molecule has 0 aromatic rings. The van der Waals surface area contributed by atoms with E-state index < -0.39 is 5.97 Å². The van der Waals surface area contributed by atoms with E-state index in [4.69, 9.17) is 5.11 Å². The van der Waals surface area contributed by atoms with Crippen LogP contribution < -0.4 is 5.32 Å². The van der Waals surface area contributed by atoms with E-state index in [0.29, 0.717) is 6.42 Å². The maximum atomic E-state index is 10.2. The fourth-order valence-corrected chi connectivity index (χ4v) is 1.67. The van der Waals surface area contributed by atoms with Gasteiger partial charge in [-0.1, -0.05) is 19.3 Å². The predicted molar refractivity (Wildman–Crippen MR) is 56.4 cm³/mol. The Kier molecular flexibility index (Phi) is 5.60. The number of aliphatic carboxylic acids is 1. The number of nitrogens with one attached hydrogen (secondary N) is 1. The molecule has 0 amide bonds. The normalized spacial score (nSPS) is 16.6. The molecule has 0 heterocycles. The molecule has 1 rings (SSSR count). The third kappa shape index (κ3) is 5.22. The molecule has 1 aliphatic carbocycles. The Morgan fingerprint density at radius 3 is 2.50 bits per heavy atom. The van der Waals surface area contributed by atoms with Crippen LogP contribution >= 0.6 is 0 Å². The van der Waals surface area contributed by atoms with E-state index >= 15 is 0 Å². The molecule has 3 nitrogen and oxygen atoms in total. The molecule has 0 saturated heterocycles. The van der Waals surface area contributed by atoms with Crippen molar-refractivity contribution in [3.63, 3.8) is 0 Å². The molecule has 0 atom stereocenters. The van der Waals surface area contributed by atoms with Gasteiger partial charge in [0.15, 0.2) is 0 Å². The highest BCUT2D eigenvalue weighted by atomic mass is 16.4. The summed E-state index contributed by atoms with van der Waals surface area (Å²) in [5.74, 6) is -0.669. The fraction of sp³-hybridized carbons (Fsp3) is 0.909. The SMILES string of the molecule is O=C(O)CCCCCCNC1CCC1. The number of carboxylic acids is 1. The molecule has 2 N–H and O–H groups in total. The lowest BCUT2D eigenvalue weighted by Crippen LogP contribution is -2.35. The largest absolute Gasteiger partial charge is 0.481 e. The Bertz CT molecular complexity index is 167. The van der Waals surface area contributed by atoms with Crippen molar-refractivity contribution in [1.29, 1.82) is 0 Å². The van der Waals surface area contributed by atoms with Gasteiger partial charge in [0.05, 0.1) is 0 Å². The summed E-state index contributed by atoms with van der Waals surface area (Å²) in [5.41, 5.74) is 0. The van der Waals surface area contributed by atoms with Gasteiger partial charge in [0.1, 0.15) is 0 Å². The molecule has 0 bridgehead atoms. The van der Waals surface area contributed by atoms with Crippen LogP contribution in [0, 0.1) is 0 Å². The number of hydrogen-bond acceptors (Lipinski definition) is 2. The van der Waals surface area contributed by atoms with Gasteiger partial charge in [0.25, 0.3) is 0 Å². The summed E-state index contributed by atoms with van der Waals surface area (Å²) >= 11 is 0. The lowest BCUT2D eigenvalue weighted by Gasteiger charge is -2.26. The van der Waals surface area contributed by atoms with Crippen LogP contribution in [0.15, 0.2) is 0 Å². The minimum Gasteiger partial charge on any atom is -0.481 e. The van der Waals surface area contributed by atoms with Crippen molar-refractivity contribution in [2.75, 3.05) is 6.54 Å². The first-order valence-electron chi connectivity index (χ1n) is 5.74. The lowest BCUT2D eigenvalue weighted by molar-refractivity contribution is -0.137. The van der Waals surface area contributed by atoms with E-state index in [1.165, 1.54) is 25.7 Å². The second-order valence-electron chi connectivity index (χ2n) is 4.14. The molecule has 1 aliphatic rings. The summed E-state index contributed by atoms with van der Waals surface area (Å²) in [6.07, 6.45) is 8.64. The van der Waals surface area contributed by atoms with Gasteiger partial charge < -0.3 is 10.4 Å². The number of hydrogen-bond donors (Lipinski definition) is 2. The number of carboxylic acid groups (broad SMARTS) is 1. The molecule has 14 heavy (non-hydrogen) atoms. The maximum Gasteiger partial charge on any atom is 0.303 e. The molecule has 0 unspecified atom stereocenters. The van der Waals surface area contributed by atoms with Gasteiger partial charge >= 0.3 is 5.97 Å². The quantitative estimate of drug-likeness (QED) is 0.589. The lowest BCUT2D eigenvalue weighted by atomic mass is 9.93. The molecule has 0 aliphatic heterocycles. The van der Waals surface area contributed by atoms with Crippen LogP contribution in [0.25, 0.3) is 0 Å². The minimum atomic E-state index is -0.669. The van der Waals surface area contributed by atoms with Crippen molar-refractivity contribution in [3.05, 3.63) is 0 Å². The minimum absolute atomic E-state index is 0.329. The van der Waals surface area contributed by atoms with E-state index in [-0.39, 0.29) is 0 Å². The summed E-state index contributed by atoms with van der Waals surface area (Å²) in [7, 11) is 0. The Balaban J connectivity index is 1.73. The molecule has 0 aromatic heterocycles. The van der Waals surface area contributed by atoms with Crippen molar-refractivity contribution in [1.82, 2.24) is 5.32 Å². The van der Waals surface area contributed by atoms with Crippen LogP contribution in [0.3, 0.4) is 0 Å². The zero-order valence-corrected chi connectivity index (χ0v) is 8.80. The van der Waals surface area contributed by atoms with Crippen LogP contribution in [-0.2, 0) is 4.79 Å². The van der Waals surface area contributed by atoms with Crippen molar-refractivity contribution in [2.24, 2.45) is 0 Å². The molecular formula is C11H21NO2. The highest BCUT2D eigenvalue weighted by Crippen LogP contribution is 2.17. The second-order valence-corrected chi connectivity index (χ2v) is 4.14. The van der Waals surface area contributed by atoms with Gasteiger partial charge in [-0.05, 0) is 32.2 Å². The Morgan fingerprint density at radius 1 is 1.21 bits per heavy atom. The van der Waals surface area contributed by atoms with Crippen LogP contribution in [0.4, 0.5) is 0 Å². The van der Waals surface area contributed by atoms with Crippen molar-refractivity contribution < 1.29 is 9.90 Å². The van der Waals surface area contributed by atoms with Gasteiger partial charge in [-0.15, -0.1) is 0 Å². The highest BCUT2D eigenvalue weighted by Gasteiger charge is 2.15. The van der Waals surface area contributed by atoms with Crippen molar-refractivity contribution in [3.8, 4) is 0 Å². The van der Waals surface area contributed by atoms with E-state index in [9.17, 15) is 4.79 Å². The smallest absolute Gasteiger partial charge is 0.303 e. The third-order valence-corrected chi connectivity index (χ3v) is 2.86. The Morgan fingerprint density at radius 2 is 1.93 bits per heavy atom. The number of carbonyl (C=O) groups is 1. The maximum absolute atomic E-state index is 10.2. The van der Waals surface area contributed by atoms with E-state index in [1.54, 1.807) is 0 Å². The van der Waals surface area contributed by atoms with Crippen LogP contribution in [0.2, 0.25) is 0 Å². The van der Waals surface area contributed by atoms with E-state index in [1.807, 2.05) is 0 Å². The first-order valence-corrected chi connectivity index (χ1v) is 5.74. The molecule has 0 aromatic carbocycles. The fourth-order valence-electron chi connectivity index (χ4n) is 1.67. The molecule has 0 radical (unpaired) electrons. The average molecular weight is 199 g/mol. The summed E-state index contributed by atoms with van der Waals surface area (Å²) in [5, 5.41) is 11.9. The standard InChI is InChI=1S/C11H21NO2/c13-11(14)8-3-1-2-4-9-12-10-6-5-7-10/h10,12H,1-9H2,(H,13,14). The van der Waals surface area contributed by atoms with Crippen LogP contribution in [0.5, 0.6) is 0 Å². The summed E-state index contributed by atoms with van der Waals surface area (Å²) in [6.45, 7) is 1.11. The van der Waals surface area contributed by atoms with Gasteiger partial charge in [0.2, 0.25) is 0 Å². The molecular weight excluding hydrogens is 178 g/mol. The molecule has 0 spiro atoms. The summed E-state index contributed by atoms with van der Waals surface area (Å²) < 4.78 is 0. The van der Waals surface area contributed by atoms with Gasteiger partial charge in [-0.3, -0.25) is 4.79 Å². The van der Waals surface area contributed by atoms with Crippen molar-refractivity contribution >= 4 is 5.97 Å². The molecule has 1 fully saturated rings. The first kappa shape index (κ1) is 11.5. The van der Waals surface area contributed by atoms with E-state index in [0.717, 1.165) is 31.8 Å². The monoisotopic (exact) mass is 199 g/mol. The second kappa shape index (κ2) is 6.82. The van der Waals surface area contributed by atoms with Gasteiger partial charge in [-0.25, -0.2) is 0 Å². The zero-order valence-electron chi connectivity index (χ0n) is 8.80. The summed E-state index contributed by atoms with van der Waals surface area (Å²) in [4.78, 5) is 10.2. The summed E-state index contributed by atoms with van der Waals surface area (Å²) in [6, 6.07) is 0.786. The van der Waals surface area contributed by atoms with Crippen LogP contribution in [-0.4, -0.2) is 23.7 Å². The molecule has 3 heteroatoms. The molecule has 82 valence electrons. The first-order chi connectivity index (χ1) is 6.79.